The normalized spacial score (nSPS) is 10.9. The second kappa shape index (κ2) is 6.81. The van der Waals surface area contributed by atoms with Crippen LogP contribution in [0.3, 0.4) is 0 Å². The molecule has 3 heterocycles. The molecule has 0 radical (unpaired) electrons. The second-order valence-electron chi connectivity index (χ2n) is 6.12. The highest BCUT2D eigenvalue weighted by atomic mass is 32.1. The predicted molar refractivity (Wildman–Crippen MR) is 105 cm³/mol. The van der Waals surface area contributed by atoms with Gasteiger partial charge in [-0.3, -0.25) is 9.89 Å². The Morgan fingerprint density at radius 3 is 2.78 bits per heavy atom. The van der Waals surface area contributed by atoms with E-state index >= 15 is 0 Å². The number of thiazole rings is 1. The lowest BCUT2D eigenvalue weighted by Crippen LogP contribution is -2.20. The number of nitrogens with zero attached hydrogens (tertiary/aromatic N) is 4. The van der Waals surface area contributed by atoms with Crippen LogP contribution in [0.4, 0.5) is 0 Å². The van der Waals surface area contributed by atoms with E-state index in [0.29, 0.717) is 10.5 Å². The topological polar surface area (TPSA) is 84.0 Å². The first-order valence-corrected chi connectivity index (χ1v) is 9.05. The van der Waals surface area contributed by atoms with Gasteiger partial charge in [0.1, 0.15) is 15.6 Å². The second-order valence-corrected chi connectivity index (χ2v) is 7.15. The van der Waals surface area contributed by atoms with Crippen molar-refractivity contribution in [3.63, 3.8) is 0 Å². The van der Waals surface area contributed by atoms with Crippen molar-refractivity contribution in [3.8, 4) is 27.6 Å². The Bertz CT molecular complexity index is 1130. The van der Waals surface area contributed by atoms with Gasteiger partial charge in [0.25, 0.3) is 5.91 Å². The van der Waals surface area contributed by atoms with Crippen molar-refractivity contribution in [2.24, 2.45) is 0 Å². The van der Waals surface area contributed by atoms with Crippen LogP contribution in [0.25, 0.3) is 32.9 Å². The van der Waals surface area contributed by atoms with E-state index in [2.05, 4.69) is 20.2 Å². The first kappa shape index (κ1) is 17.2. The molecule has 1 amide bonds. The third kappa shape index (κ3) is 3.04. The number of carbonyl (C=O) groups excluding carboxylic acids is 1. The predicted octanol–water partition coefficient (Wildman–Crippen LogP) is 3.46. The number of hydrogen-bond donors (Lipinski definition) is 1. The molecule has 0 saturated heterocycles. The summed E-state index contributed by atoms with van der Waals surface area (Å²) in [6.45, 7) is 0. The van der Waals surface area contributed by atoms with E-state index in [4.69, 9.17) is 4.74 Å². The summed E-state index contributed by atoms with van der Waals surface area (Å²) in [7, 11) is 5.08. The number of amides is 1. The van der Waals surface area contributed by atoms with Gasteiger partial charge in [-0.05, 0) is 18.2 Å². The van der Waals surface area contributed by atoms with Crippen molar-refractivity contribution in [3.05, 3.63) is 47.6 Å². The standard InChI is InChI=1S/C19H17N5O2S/c1-24(2)19(25)15-10-21-18(27-15)11-8-13-16(22-23-17(13)20-9-11)12-6-4-5-7-14(12)26-3/h4-10H,1-3H3,(H,20,22,23). The average molecular weight is 379 g/mol. The van der Waals surface area contributed by atoms with Gasteiger partial charge in [0.2, 0.25) is 0 Å². The highest BCUT2D eigenvalue weighted by molar-refractivity contribution is 7.16. The summed E-state index contributed by atoms with van der Waals surface area (Å²) in [4.78, 5) is 23.1. The zero-order chi connectivity index (χ0) is 19.0. The van der Waals surface area contributed by atoms with Crippen LogP contribution in [0, 0.1) is 0 Å². The van der Waals surface area contributed by atoms with Crippen LogP contribution < -0.4 is 4.74 Å². The number of hydrogen-bond acceptors (Lipinski definition) is 6. The van der Waals surface area contributed by atoms with E-state index in [1.54, 1.807) is 33.6 Å². The van der Waals surface area contributed by atoms with Crippen molar-refractivity contribution in [1.29, 1.82) is 0 Å². The first-order valence-electron chi connectivity index (χ1n) is 8.24. The van der Waals surface area contributed by atoms with Gasteiger partial charge in [0.15, 0.2) is 5.65 Å². The molecule has 4 rings (SSSR count). The molecule has 0 spiro atoms. The molecule has 0 saturated carbocycles. The highest BCUT2D eigenvalue weighted by Crippen LogP contribution is 2.35. The minimum Gasteiger partial charge on any atom is -0.496 e. The number of para-hydroxylation sites is 1. The number of fused-ring (bicyclic) bond motifs is 1. The van der Waals surface area contributed by atoms with Crippen LogP contribution in [0.1, 0.15) is 9.67 Å². The molecule has 1 N–H and O–H groups in total. The SMILES string of the molecule is COc1ccccc1-c1[nH]nc2ncc(-c3ncc(C(=O)N(C)C)s3)cc12. The Labute approximate surface area is 159 Å². The molecule has 3 aromatic heterocycles. The fourth-order valence-electron chi connectivity index (χ4n) is 2.80. The van der Waals surface area contributed by atoms with Gasteiger partial charge < -0.3 is 9.64 Å². The fraction of sp³-hybridized carbons (Fsp3) is 0.158. The molecule has 4 aromatic rings. The molecule has 0 aliphatic heterocycles. The van der Waals surface area contributed by atoms with Crippen LogP contribution in [0.5, 0.6) is 5.75 Å². The van der Waals surface area contributed by atoms with Crippen molar-refractivity contribution in [2.75, 3.05) is 21.2 Å². The Kier molecular flexibility index (Phi) is 4.33. The van der Waals surface area contributed by atoms with Crippen molar-refractivity contribution < 1.29 is 9.53 Å². The lowest BCUT2D eigenvalue weighted by atomic mass is 10.1. The van der Waals surface area contributed by atoms with Crippen LogP contribution in [0.15, 0.2) is 42.7 Å². The summed E-state index contributed by atoms with van der Waals surface area (Å²) < 4.78 is 5.46. The number of H-pyrrole nitrogens is 1. The Balaban J connectivity index is 1.80. The van der Waals surface area contributed by atoms with Crippen molar-refractivity contribution in [1.82, 2.24) is 25.1 Å². The zero-order valence-corrected chi connectivity index (χ0v) is 15.9. The lowest BCUT2D eigenvalue weighted by Gasteiger charge is -2.07. The van der Waals surface area contributed by atoms with E-state index in [1.807, 2.05) is 30.3 Å². The third-order valence-corrected chi connectivity index (χ3v) is 5.19. The van der Waals surface area contributed by atoms with Crippen molar-refractivity contribution in [2.45, 2.75) is 0 Å². The maximum absolute atomic E-state index is 12.1. The minimum atomic E-state index is -0.0641. The fourth-order valence-corrected chi connectivity index (χ4v) is 3.72. The van der Waals surface area contributed by atoms with Gasteiger partial charge >= 0.3 is 0 Å². The molecule has 8 heteroatoms. The number of carbonyl (C=O) groups is 1. The van der Waals surface area contributed by atoms with Gasteiger partial charge in [-0.25, -0.2) is 9.97 Å². The number of methoxy groups -OCH3 is 1. The maximum atomic E-state index is 12.1. The number of benzene rings is 1. The molecule has 27 heavy (non-hydrogen) atoms. The number of pyridine rings is 1. The molecule has 136 valence electrons. The summed E-state index contributed by atoms with van der Waals surface area (Å²) in [5.41, 5.74) is 3.19. The Hall–Kier alpha value is -3.26. The maximum Gasteiger partial charge on any atom is 0.265 e. The number of aromatic nitrogens is 4. The molecule has 0 bridgehead atoms. The van der Waals surface area contributed by atoms with Crippen LogP contribution >= 0.6 is 11.3 Å². The van der Waals surface area contributed by atoms with Crippen LogP contribution in [0.2, 0.25) is 0 Å². The van der Waals surface area contributed by atoms with Crippen LogP contribution in [-0.2, 0) is 0 Å². The number of ether oxygens (including phenoxy) is 1. The molecular formula is C19H17N5O2S. The van der Waals surface area contributed by atoms with E-state index in [-0.39, 0.29) is 5.91 Å². The number of aromatic amines is 1. The number of nitrogens with one attached hydrogen (secondary N) is 1. The molecule has 0 atom stereocenters. The summed E-state index contributed by atoms with van der Waals surface area (Å²) >= 11 is 1.35. The summed E-state index contributed by atoms with van der Waals surface area (Å²) in [6, 6.07) is 9.72. The Morgan fingerprint density at radius 2 is 2.00 bits per heavy atom. The number of rotatable bonds is 4. The molecule has 7 nitrogen and oxygen atoms in total. The van der Waals surface area contributed by atoms with Gasteiger partial charge in [-0.1, -0.05) is 12.1 Å². The first-order chi connectivity index (χ1) is 13.1. The molecular weight excluding hydrogens is 362 g/mol. The van der Waals surface area contributed by atoms with E-state index in [9.17, 15) is 4.79 Å². The molecule has 1 aromatic carbocycles. The highest BCUT2D eigenvalue weighted by Gasteiger charge is 2.17. The molecule has 0 aliphatic carbocycles. The van der Waals surface area contributed by atoms with E-state index < -0.39 is 0 Å². The largest absolute Gasteiger partial charge is 0.496 e. The molecule has 0 aliphatic rings. The van der Waals surface area contributed by atoms with Crippen molar-refractivity contribution >= 4 is 28.3 Å². The molecule has 0 unspecified atom stereocenters. The van der Waals surface area contributed by atoms with E-state index in [0.717, 1.165) is 33.0 Å². The lowest BCUT2D eigenvalue weighted by molar-refractivity contribution is 0.0832. The van der Waals surface area contributed by atoms with Gasteiger partial charge in [0, 0.05) is 36.8 Å². The van der Waals surface area contributed by atoms with Gasteiger partial charge in [-0.2, -0.15) is 5.10 Å². The zero-order valence-electron chi connectivity index (χ0n) is 15.1. The van der Waals surface area contributed by atoms with Gasteiger partial charge in [0.05, 0.1) is 19.0 Å². The summed E-state index contributed by atoms with van der Waals surface area (Å²) in [5, 5.41) is 8.95. The molecule has 0 fully saturated rings. The summed E-state index contributed by atoms with van der Waals surface area (Å²) in [5.74, 6) is 0.687. The monoisotopic (exact) mass is 379 g/mol. The third-order valence-electron chi connectivity index (χ3n) is 4.16. The quantitative estimate of drug-likeness (QED) is 0.587. The van der Waals surface area contributed by atoms with Crippen LogP contribution in [-0.4, -0.2) is 52.2 Å². The van der Waals surface area contributed by atoms with Gasteiger partial charge in [-0.15, -0.1) is 11.3 Å². The summed E-state index contributed by atoms with van der Waals surface area (Å²) in [6.07, 6.45) is 3.32. The minimum absolute atomic E-state index is 0.0641. The van der Waals surface area contributed by atoms with E-state index in [1.165, 1.54) is 16.2 Å². The Morgan fingerprint density at radius 1 is 1.19 bits per heavy atom. The average Bonchev–Trinajstić information content (AvgIpc) is 3.34. The smallest absolute Gasteiger partial charge is 0.265 e.